The van der Waals surface area contributed by atoms with Crippen molar-refractivity contribution in [3.05, 3.63) is 28.7 Å². The van der Waals surface area contributed by atoms with Gasteiger partial charge >= 0.3 is 0 Å². The number of halogens is 1. The van der Waals surface area contributed by atoms with Crippen LogP contribution < -0.4 is 5.32 Å². The van der Waals surface area contributed by atoms with Crippen LogP contribution in [0.4, 0.5) is 0 Å². The van der Waals surface area contributed by atoms with Gasteiger partial charge in [-0.1, -0.05) is 18.5 Å². The summed E-state index contributed by atoms with van der Waals surface area (Å²) >= 11 is 5.92. The third-order valence-electron chi connectivity index (χ3n) is 2.81. The van der Waals surface area contributed by atoms with Crippen LogP contribution in [0.15, 0.2) is 12.4 Å². The number of hydrogen-bond acceptors (Lipinski definition) is 3. The number of nitrogens with zero attached hydrogens (tertiary/aromatic N) is 4. The van der Waals surface area contributed by atoms with Crippen LogP contribution in [0.1, 0.15) is 24.6 Å². The monoisotopic (exact) mass is 267 g/mol. The van der Waals surface area contributed by atoms with Gasteiger partial charge < -0.3 is 5.32 Å². The Bertz CT molecular complexity index is 529. The van der Waals surface area contributed by atoms with Crippen molar-refractivity contribution in [2.75, 3.05) is 6.54 Å². The van der Waals surface area contributed by atoms with E-state index in [1.807, 2.05) is 18.7 Å². The Kier molecular flexibility index (Phi) is 4.04. The number of aryl methyl sites for hydroxylation is 2. The van der Waals surface area contributed by atoms with Crippen LogP contribution in [-0.2, 0) is 13.6 Å². The lowest BCUT2D eigenvalue weighted by Gasteiger charge is -2.07. The molecule has 2 rings (SSSR count). The van der Waals surface area contributed by atoms with E-state index < -0.39 is 0 Å². The quantitative estimate of drug-likeness (QED) is 0.844. The van der Waals surface area contributed by atoms with Crippen LogP contribution in [0, 0.1) is 6.92 Å². The first kappa shape index (κ1) is 13.1. The number of rotatable bonds is 5. The number of nitrogens with one attached hydrogen (secondary N) is 1. The summed E-state index contributed by atoms with van der Waals surface area (Å²) in [5.74, 6) is 0.961. The second-order valence-electron chi connectivity index (χ2n) is 4.29. The van der Waals surface area contributed by atoms with E-state index in [0.29, 0.717) is 5.02 Å². The van der Waals surface area contributed by atoms with Crippen molar-refractivity contribution in [2.45, 2.75) is 26.8 Å². The highest BCUT2D eigenvalue weighted by atomic mass is 35.5. The summed E-state index contributed by atoms with van der Waals surface area (Å²) in [5.41, 5.74) is 2.17. The van der Waals surface area contributed by atoms with Gasteiger partial charge in [-0.3, -0.25) is 4.68 Å². The summed E-state index contributed by atoms with van der Waals surface area (Å²) < 4.78 is 3.60. The average molecular weight is 268 g/mol. The minimum Gasteiger partial charge on any atom is -0.312 e. The van der Waals surface area contributed by atoms with Gasteiger partial charge in [0.1, 0.15) is 0 Å². The smallest absolute Gasteiger partial charge is 0.156 e. The normalized spacial score (nSPS) is 11.1. The predicted molar refractivity (Wildman–Crippen MR) is 72.1 cm³/mol. The minimum absolute atomic E-state index is 0.626. The van der Waals surface area contributed by atoms with Crippen LogP contribution >= 0.6 is 11.6 Å². The maximum Gasteiger partial charge on any atom is 0.156 e. The molecule has 0 spiro atoms. The summed E-state index contributed by atoms with van der Waals surface area (Å²) in [7, 11) is 1.92. The molecule has 2 aromatic rings. The molecule has 0 aromatic carbocycles. The van der Waals surface area contributed by atoms with E-state index in [0.717, 1.165) is 36.6 Å². The van der Waals surface area contributed by atoms with Crippen molar-refractivity contribution >= 4 is 11.6 Å². The summed E-state index contributed by atoms with van der Waals surface area (Å²) in [5, 5.41) is 12.7. The van der Waals surface area contributed by atoms with Crippen LogP contribution in [0.25, 0.3) is 5.82 Å². The van der Waals surface area contributed by atoms with Gasteiger partial charge in [0.05, 0.1) is 23.1 Å². The Labute approximate surface area is 112 Å². The predicted octanol–water partition coefficient (Wildman–Crippen LogP) is 2.07. The second kappa shape index (κ2) is 5.54. The lowest BCUT2D eigenvalue weighted by molar-refractivity contribution is 0.659. The highest BCUT2D eigenvalue weighted by Crippen LogP contribution is 2.18. The van der Waals surface area contributed by atoms with E-state index in [-0.39, 0.29) is 0 Å². The molecule has 0 amide bonds. The van der Waals surface area contributed by atoms with Gasteiger partial charge in [-0.2, -0.15) is 10.2 Å². The van der Waals surface area contributed by atoms with E-state index in [4.69, 9.17) is 11.6 Å². The largest absolute Gasteiger partial charge is 0.312 e. The third kappa shape index (κ3) is 2.57. The molecule has 5 nitrogen and oxygen atoms in total. The first-order valence-electron chi connectivity index (χ1n) is 6.07. The van der Waals surface area contributed by atoms with E-state index in [9.17, 15) is 0 Å². The lowest BCUT2D eigenvalue weighted by atomic mass is 10.2. The van der Waals surface area contributed by atoms with Crippen molar-refractivity contribution in [2.24, 2.45) is 7.05 Å². The molecule has 0 atom stereocenters. The molecule has 0 bridgehead atoms. The maximum absolute atomic E-state index is 5.92. The highest BCUT2D eigenvalue weighted by Gasteiger charge is 2.15. The van der Waals surface area contributed by atoms with Gasteiger partial charge in [0.2, 0.25) is 0 Å². The Morgan fingerprint density at radius 2 is 2.22 bits per heavy atom. The standard InChI is InChI=1S/C12H18ClN5/c1-4-5-14-7-11-9(2)16-17(3)12(11)18-8-10(13)6-15-18/h6,8,14H,4-5,7H2,1-3H3. The molecule has 18 heavy (non-hydrogen) atoms. The van der Waals surface area contributed by atoms with Crippen LogP contribution in [0.2, 0.25) is 5.02 Å². The molecule has 2 heterocycles. The number of aromatic nitrogens is 4. The molecule has 6 heteroatoms. The number of hydrogen-bond donors (Lipinski definition) is 1. The SMILES string of the molecule is CCCNCc1c(C)nn(C)c1-n1cc(Cl)cn1. The molecule has 1 N–H and O–H groups in total. The minimum atomic E-state index is 0.626. The Morgan fingerprint density at radius 3 is 2.83 bits per heavy atom. The lowest BCUT2D eigenvalue weighted by Crippen LogP contribution is -2.16. The van der Waals surface area contributed by atoms with Gasteiger partial charge in [0.15, 0.2) is 5.82 Å². The van der Waals surface area contributed by atoms with Gasteiger partial charge in [0, 0.05) is 19.2 Å². The fourth-order valence-electron chi connectivity index (χ4n) is 1.99. The zero-order chi connectivity index (χ0) is 13.1. The fraction of sp³-hybridized carbons (Fsp3) is 0.500. The van der Waals surface area contributed by atoms with Crippen LogP contribution in [0.5, 0.6) is 0 Å². The molecule has 98 valence electrons. The van der Waals surface area contributed by atoms with E-state index >= 15 is 0 Å². The Morgan fingerprint density at radius 1 is 1.44 bits per heavy atom. The highest BCUT2D eigenvalue weighted by molar-refractivity contribution is 6.30. The summed E-state index contributed by atoms with van der Waals surface area (Å²) in [4.78, 5) is 0. The van der Waals surface area contributed by atoms with Gasteiger partial charge in [-0.05, 0) is 19.9 Å². The molecule has 0 aliphatic carbocycles. The van der Waals surface area contributed by atoms with Crippen molar-refractivity contribution in [1.82, 2.24) is 24.9 Å². The van der Waals surface area contributed by atoms with Crippen molar-refractivity contribution < 1.29 is 0 Å². The molecule has 0 saturated heterocycles. The Balaban J connectivity index is 2.33. The first-order valence-corrected chi connectivity index (χ1v) is 6.45. The summed E-state index contributed by atoms with van der Waals surface area (Å²) in [6.45, 7) is 5.95. The molecule has 0 aliphatic rings. The molecular weight excluding hydrogens is 250 g/mol. The van der Waals surface area contributed by atoms with Crippen molar-refractivity contribution in [1.29, 1.82) is 0 Å². The van der Waals surface area contributed by atoms with Crippen molar-refractivity contribution in [3.63, 3.8) is 0 Å². The zero-order valence-electron chi connectivity index (χ0n) is 10.9. The van der Waals surface area contributed by atoms with Gasteiger partial charge in [-0.15, -0.1) is 0 Å². The third-order valence-corrected chi connectivity index (χ3v) is 3.00. The van der Waals surface area contributed by atoms with Gasteiger partial charge in [0.25, 0.3) is 0 Å². The topological polar surface area (TPSA) is 47.7 Å². The van der Waals surface area contributed by atoms with Gasteiger partial charge in [-0.25, -0.2) is 4.68 Å². The molecule has 0 aliphatic heterocycles. The van der Waals surface area contributed by atoms with Crippen LogP contribution in [0.3, 0.4) is 0 Å². The Hall–Kier alpha value is -1.33. The van der Waals surface area contributed by atoms with E-state index in [1.54, 1.807) is 17.1 Å². The zero-order valence-corrected chi connectivity index (χ0v) is 11.7. The molecule has 0 unspecified atom stereocenters. The average Bonchev–Trinajstić information content (AvgIpc) is 2.84. The maximum atomic E-state index is 5.92. The molecule has 2 aromatic heterocycles. The second-order valence-corrected chi connectivity index (χ2v) is 4.73. The molecule has 0 fully saturated rings. The van der Waals surface area contributed by atoms with Crippen molar-refractivity contribution in [3.8, 4) is 5.82 Å². The molecule has 0 saturated carbocycles. The molecule has 0 radical (unpaired) electrons. The first-order chi connectivity index (χ1) is 8.63. The molecular formula is C12H18ClN5. The summed E-state index contributed by atoms with van der Waals surface area (Å²) in [6, 6.07) is 0. The van der Waals surface area contributed by atoms with Crippen LogP contribution in [-0.4, -0.2) is 26.1 Å². The summed E-state index contributed by atoms with van der Waals surface area (Å²) in [6.07, 6.45) is 4.54. The van der Waals surface area contributed by atoms with E-state index in [1.165, 1.54) is 0 Å². The van der Waals surface area contributed by atoms with E-state index in [2.05, 4.69) is 22.4 Å². The fourth-order valence-corrected chi connectivity index (χ4v) is 2.13.